The van der Waals surface area contributed by atoms with E-state index >= 15 is 0 Å². The van der Waals surface area contributed by atoms with Gasteiger partial charge in [0.05, 0.1) is 28.5 Å². The molecule has 94 valence electrons. The van der Waals surface area contributed by atoms with Crippen LogP contribution in [0.3, 0.4) is 0 Å². The minimum absolute atomic E-state index is 0.205. The van der Waals surface area contributed by atoms with Gasteiger partial charge in [-0.15, -0.1) is 11.3 Å². The van der Waals surface area contributed by atoms with Crippen molar-refractivity contribution in [1.82, 2.24) is 4.98 Å². The Morgan fingerprint density at radius 3 is 2.94 bits per heavy atom. The number of benzene rings is 1. The fraction of sp³-hybridized carbons (Fsp3) is 0.167. The lowest BCUT2D eigenvalue weighted by Crippen LogP contribution is -2.07. The highest BCUT2D eigenvalue weighted by molar-refractivity contribution is 7.09. The Kier molecular flexibility index (Phi) is 3.47. The number of aromatic carboxylic acids is 1. The molecule has 18 heavy (non-hydrogen) atoms. The van der Waals surface area contributed by atoms with Gasteiger partial charge in [0.25, 0.3) is 0 Å². The Labute approximate surface area is 108 Å². The van der Waals surface area contributed by atoms with Crippen molar-refractivity contribution in [3.63, 3.8) is 0 Å². The van der Waals surface area contributed by atoms with E-state index in [9.17, 15) is 4.79 Å². The van der Waals surface area contributed by atoms with E-state index in [1.165, 1.54) is 6.07 Å². The first-order valence-electron chi connectivity index (χ1n) is 5.34. The maximum atomic E-state index is 11.1. The van der Waals surface area contributed by atoms with Gasteiger partial charge in [-0.1, -0.05) is 0 Å². The number of nitrogen functional groups attached to an aromatic ring is 1. The molecular formula is C12H13N3O2S. The third-order valence-electron chi connectivity index (χ3n) is 2.40. The smallest absolute Gasteiger partial charge is 0.337 e. The molecule has 0 aliphatic rings. The zero-order valence-corrected chi connectivity index (χ0v) is 10.6. The van der Waals surface area contributed by atoms with E-state index in [-0.39, 0.29) is 5.56 Å². The van der Waals surface area contributed by atoms with Crippen molar-refractivity contribution in [3.05, 3.63) is 39.8 Å². The summed E-state index contributed by atoms with van der Waals surface area (Å²) in [7, 11) is 0. The number of carbonyl (C=O) groups is 1. The second kappa shape index (κ2) is 5.05. The summed E-state index contributed by atoms with van der Waals surface area (Å²) >= 11 is 1.56. The summed E-state index contributed by atoms with van der Waals surface area (Å²) in [6.45, 7) is 2.41. The fourth-order valence-corrected chi connectivity index (χ4v) is 2.18. The zero-order valence-electron chi connectivity index (χ0n) is 9.80. The molecule has 0 atom stereocenters. The normalized spacial score (nSPS) is 10.3. The van der Waals surface area contributed by atoms with Gasteiger partial charge in [0, 0.05) is 11.1 Å². The van der Waals surface area contributed by atoms with E-state index in [0.29, 0.717) is 17.9 Å². The van der Waals surface area contributed by atoms with Crippen LogP contribution in [0.1, 0.15) is 21.1 Å². The quantitative estimate of drug-likeness (QED) is 0.737. The number of aryl methyl sites for hydroxylation is 1. The largest absolute Gasteiger partial charge is 0.478 e. The van der Waals surface area contributed by atoms with Crippen LogP contribution in [0.25, 0.3) is 0 Å². The predicted molar refractivity (Wildman–Crippen MR) is 72.0 cm³/mol. The van der Waals surface area contributed by atoms with Crippen LogP contribution in [0, 0.1) is 6.92 Å². The molecule has 0 aliphatic carbocycles. The topological polar surface area (TPSA) is 88.2 Å². The molecule has 0 radical (unpaired) electrons. The van der Waals surface area contributed by atoms with Crippen molar-refractivity contribution in [2.75, 3.05) is 11.1 Å². The molecule has 6 heteroatoms. The minimum atomic E-state index is -0.980. The summed E-state index contributed by atoms with van der Waals surface area (Å²) in [6.07, 6.45) is 0. The molecule has 0 amide bonds. The van der Waals surface area contributed by atoms with Crippen LogP contribution in [-0.2, 0) is 6.54 Å². The van der Waals surface area contributed by atoms with Crippen LogP contribution >= 0.6 is 11.3 Å². The van der Waals surface area contributed by atoms with Gasteiger partial charge in [0.15, 0.2) is 0 Å². The van der Waals surface area contributed by atoms with E-state index in [1.54, 1.807) is 23.5 Å². The van der Waals surface area contributed by atoms with Gasteiger partial charge in [-0.25, -0.2) is 9.78 Å². The summed E-state index contributed by atoms with van der Waals surface area (Å²) in [5.74, 6) is -0.980. The average Bonchev–Trinajstić information content (AvgIpc) is 2.72. The van der Waals surface area contributed by atoms with Gasteiger partial charge >= 0.3 is 5.97 Å². The van der Waals surface area contributed by atoms with Crippen molar-refractivity contribution in [3.8, 4) is 0 Å². The van der Waals surface area contributed by atoms with E-state index in [4.69, 9.17) is 10.8 Å². The summed E-state index contributed by atoms with van der Waals surface area (Å²) < 4.78 is 0. The summed E-state index contributed by atoms with van der Waals surface area (Å²) in [4.78, 5) is 15.4. The molecule has 0 spiro atoms. The Bertz CT molecular complexity index is 580. The average molecular weight is 263 g/mol. The number of hydrogen-bond donors (Lipinski definition) is 3. The van der Waals surface area contributed by atoms with Crippen molar-refractivity contribution in [1.29, 1.82) is 0 Å². The van der Waals surface area contributed by atoms with Crippen molar-refractivity contribution >= 4 is 28.7 Å². The number of aromatic nitrogens is 1. The van der Waals surface area contributed by atoms with Crippen LogP contribution in [-0.4, -0.2) is 16.1 Å². The number of nitrogens with two attached hydrogens (primary N) is 1. The van der Waals surface area contributed by atoms with Gasteiger partial charge in [0.2, 0.25) is 0 Å². The second-order valence-electron chi connectivity index (χ2n) is 3.82. The molecule has 1 aromatic heterocycles. The molecule has 0 fully saturated rings. The number of carboxylic acids is 1. The lowest BCUT2D eigenvalue weighted by atomic mass is 10.1. The lowest BCUT2D eigenvalue weighted by molar-refractivity contribution is 0.0698. The zero-order chi connectivity index (χ0) is 13.1. The molecule has 0 unspecified atom stereocenters. The lowest BCUT2D eigenvalue weighted by Gasteiger charge is -2.09. The Hall–Kier alpha value is -2.08. The van der Waals surface area contributed by atoms with Crippen molar-refractivity contribution in [2.24, 2.45) is 0 Å². The SMILES string of the molecule is Cc1nc(CNc2cc(N)ccc2C(=O)O)cs1. The van der Waals surface area contributed by atoms with Crippen LogP contribution in [0.15, 0.2) is 23.6 Å². The second-order valence-corrected chi connectivity index (χ2v) is 4.88. The molecular weight excluding hydrogens is 250 g/mol. The van der Waals surface area contributed by atoms with Crippen LogP contribution < -0.4 is 11.1 Å². The summed E-state index contributed by atoms with van der Waals surface area (Å²) in [6, 6.07) is 4.68. The molecule has 2 aromatic rings. The molecule has 5 nitrogen and oxygen atoms in total. The van der Waals surface area contributed by atoms with E-state index in [0.717, 1.165) is 10.7 Å². The third-order valence-corrected chi connectivity index (χ3v) is 3.22. The molecule has 2 rings (SSSR count). The van der Waals surface area contributed by atoms with Crippen LogP contribution in [0.4, 0.5) is 11.4 Å². The molecule has 0 saturated heterocycles. The number of rotatable bonds is 4. The van der Waals surface area contributed by atoms with E-state index in [2.05, 4.69) is 10.3 Å². The first-order chi connectivity index (χ1) is 8.56. The number of carboxylic acid groups (broad SMARTS) is 1. The van der Waals surface area contributed by atoms with Gasteiger partial charge in [-0.2, -0.15) is 0 Å². The van der Waals surface area contributed by atoms with Gasteiger partial charge in [-0.3, -0.25) is 0 Å². The van der Waals surface area contributed by atoms with Gasteiger partial charge < -0.3 is 16.2 Å². The minimum Gasteiger partial charge on any atom is -0.478 e. The first-order valence-corrected chi connectivity index (χ1v) is 6.22. The number of nitrogens with one attached hydrogen (secondary N) is 1. The monoisotopic (exact) mass is 263 g/mol. The predicted octanol–water partition coefficient (Wildman–Crippen LogP) is 2.34. The number of nitrogens with zero attached hydrogens (tertiary/aromatic N) is 1. The molecule has 0 saturated carbocycles. The van der Waals surface area contributed by atoms with Crippen molar-refractivity contribution < 1.29 is 9.90 Å². The molecule has 1 aromatic carbocycles. The summed E-state index contributed by atoms with van der Waals surface area (Å²) in [5, 5.41) is 15.0. The first kappa shape index (κ1) is 12.4. The highest BCUT2D eigenvalue weighted by atomic mass is 32.1. The number of thiazole rings is 1. The molecule has 0 bridgehead atoms. The van der Waals surface area contributed by atoms with Gasteiger partial charge in [-0.05, 0) is 25.1 Å². The molecule has 0 aliphatic heterocycles. The maximum absolute atomic E-state index is 11.1. The number of hydrogen-bond acceptors (Lipinski definition) is 5. The molecule has 4 N–H and O–H groups in total. The Morgan fingerprint density at radius 2 is 2.33 bits per heavy atom. The standard InChI is InChI=1S/C12H13N3O2S/c1-7-15-9(6-18-7)5-14-11-4-8(13)2-3-10(11)12(16)17/h2-4,6,14H,5,13H2,1H3,(H,16,17). The Morgan fingerprint density at radius 1 is 1.56 bits per heavy atom. The van der Waals surface area contributed by atoms with Gasteiger partial charge in [0.1, 0.15) is 0 Å². The maximum Gasteiger partial charge on any atom is 0.337 e. The Balaban J connectivity index is 2.17. The molecule has 1 heterocycles. The third kappa shape index (κ3) is 2.78. The fourth-order valence-electron chi connectivity index (χ4n) is 1.57. The van der Waals surface area contributed by atoms with Crippen LogP contribution in [0.5, 0.6) is 0 Å². The highest BCUT2D eigenvalue weighted by Crippen LogP contribution is 2.20. The van der Waals surface area contributed by atoms with Crippen molar-refractivity contribution in [2.45, 2.75) is 13.5 Å². The summed E-state index contributed by atoms with van der Waals surface area (Å²) in [5.41, 5.74) is 7.78. The number of anilines is 2. The highest BCUT2D eigenvalue weighted by Gasteiger charge is 2.10. The van der Waals surface area contributed by atoms with E-state index in [1.807, 2.05) is 12.3 Å². The van der Waals surface area contributed by atoms with E-state index < -0.39 is 5.97 Å². The van der Waals surface area contributed by atoms with Crippen LogP contribution in [0.2, 0.25) is 0 Å².